The van der Waals surface area contributed by atoms with Crippen LogP contribution < -0.4 is 11.0 Å². The van der Waals surface area contributed by atoms with Crippen LogP contribution in [0.1, 0.15) is 46.9 Å². The van der Waals surface area contributed by atoms with Gasteiger partial charge in [-0.15, -0.1) is 0 Å². The number of fused-ring (bicyclic) bond motifs is 1. The van der Waals surface area contributed by atoms with Crippen LogP contribution in [0.25, 0.3) is 10.8 Å². The summed E-state index contributed by atoms with van der Waals surface area (Å²) in [6.45, 7) is 9.68. The van der Waals surface area contributed by atoms with Crippen LogP contribution in [-0.2, 0) is 13.1 Å². The highest BCUT2D eigenvalue weighted by molar-refractivity contribution is 6.05. The summed E-state index contributed by atoms with van der Waals surface area (Å²) < 4.78 is 3.58. The molecule has 0 unspecified atom stereocenters. The van der Waals surface area contributed by atoms with Gasteiger partial charge in [0, 0.05) is 28.9 Å². The third-order valence-corrected chi connectivity index (χ3v) is 5.79. The smallest absolute Gasteiger partial charge is 0.292 e. The number of amides is 1. The molecule has 2 aromatic heterocycles. The van der Waals surface area contributed by atoms with Gasteiger partial charge < -0.3 is 4.57 Å². The van der Waals surface area contributed by atoms with Gasteiger partial charge in [0.25, 0.3) is 11.5 Å². The molecule has 0 aliphatic carbocycles. The molecule has 0 aliphatic heterocycles. The first-order valence-corrected chi connectivity index (χ1v) is 11.4. The first kappa shape index (κ1) is 23.2. The van der Waals surface area contributed by atoms with E-state index in [0.717, 1.165) is 29.1 Å². The Morgan fingerprint density at radius 3 is 2.44 bits per heavy atom. The minimum Gasteiger partial charge on any atom is -0.348 e. The van der Waals surface area contributed by atoms with E-state index in [1.165, 1.54) is 4.68 Å². The molecule has 0 fully saturated rings. The summed E-state index contributed by atoms with van der Waals surface area (Å²) >= 11 is 0. The molecule has 7 nitrogen and oxygen atoms in total. The van der Waals surface area contributed by atoms with Gasteiger partial charge in [0.2, 0.25) is 0 Å². The van der Waals surface area contributed by atoms with Gasteiger partial charge in [0.15, 0.2) is 5.69 Å². The van der Waals surface area contributed by atoms with E-state index in [1.54, 1.807) is 30.5 Å². The van der Waals surface area contributed by atoms with Crippen LogP contribution in [0, 0.1) is 19.8 Å². The van der Waals surface area contributed by atoms with Crippen LogP contribution in [0.15, 0.2) is 70.6 Å². The number of aryl methyl sites for hydroxylation is 1. The Hall–Kier alpha value is -4.00. The Labute approximate surface area is 198 Å². The summed E-state index contributed by atoms with van der Waals surface area (Å²) in [4.78, 5) is 26.1. The highest BCUT2D eigenvalue weighted by Crippen LogP contribution is 2.16. The summed E-state index contributed by atoms with van der Waals surface area (Å²) in [6, 6.07) is 18.6. The van der Waals surface area contributed by atoms with E-state index in [2.05, 4.69) is 47.0 Å². The molecular formula is C27H29N5O2. The van der Waals surface area contributed by atoms with Crippen LogP contribution >= 0.6 is 0 Å². The molecule has 4 aromatic rings. The van der Waals surface area contributed by atoms with Gasteiger partial charge >= 0.3 is 0 Å². The maximum absolute atomic E-state index is 13.1. The van der Waals surface area contributed by atoms with Gasteiger partial charge in [-0.25, -0.2) is 10.1 Å². The van der Waals surface area contributed by atoms with E-state index in [1.807, 2.05) is 37.3 Å². The number of hydrazone groups is 1. The van der Waals surface area contributed by atoms with Crippen molar-refractivity contribution in [1.82, 2.24) is 19.8 Å². The SMILES string of the molecule is Cc1cc(/C=N/NC(=O)c2nn(Cc3ccccc3)c(=O)c3ccccc23)c(C)n1CC(C)C. The lowest BCUT2D eigenvalue weighted by Gasteiger charge is -2.11. The van der Waals surface area contributed by atoms with Gasteiger partial charge in [-0.1, -0.05) is 62.4 Å². The van der Waals surface area contributed by atoms with E-state index in [-0.39, 0.29) is 17.8 Å². The van der Waals surface area contributed by atoms with Crippen molar-refractivity contribution in [2.24, 2.45) is 11.0 Å². The molecule has 1 amide bonds. The van der Waals surface area contributed by atoms with Crippen LogP contribution in [0.4, 0.5) is 0 Å². The molecule has 4 rings (SSSR count). The maximum atomic E-state index is 13.1. The molecule has 0 saturated heterocycles. The largest absolute Gasteiger partial charge is 0.348 e. The highest BCUT2D eigenvalue weighted by Gasteiger charge is 2.17. The summed E-state index contributed by atoms with van der Waals surface area (Å²) in [5.41, 5.74) is 6.64. The average Bonchev–Trinajstić information content (AvgIpc) is 3.08. The van der Waals surface area contributed by atoms with Gasteiger partial charge in [-0.3, -0.25) is 9.59 Å². The normalized spacial score (nSPS) is 11.6. The van der Waals surface area contributed by atoms with Crippen molar-refractivity contribution in [2.75, 3.05) is 0 Å². The number of aromatic nitrogens is 3. The first-order valence-electron chi connectivity index (χ1n) is 11.4. The monoisotopic (exact) mass is 455 g/mol. The molecule has 7 heteroatoms. The molecule has 0 atom stereocenters. The number of rotatable bonds is 7. The lowest BCUT2D eigenvalue weighted by atomic mass is 10.1. The van der Waals surface area contributed by atoms with Crippen LogP contribution in [0.2, 0.25) is 0 Å². The quantitative estimate of drug-likeness (QED) is 0.334. The van der Waals surface area contributed by atoms with E-state index in [0.29, 0.717) is 16.7 Å². The Balaban J connectivity index is 1.63. The van der Waals surface area contributed by atoms with E-state index in [9.17, 15) is 9.59 Å². The number of benzene rings is 2. The lowest BCUT2D eigenvalue weighted by Crippen LogP contribution is -2.29. The molecular weight excluding hydrogens is 426 g/mol. The molecule has 0 aliphatic rings. The van der Waals surface area contributed by atoms with Crippen molar-refractivity contribution >= 4 is 22.9 Å². The third kappa shape index (κ3) is 4.83. The van der Waals surface area contributed by atoms with Crippen molar-refractivity contribution < 1.29 is 4.79 Å². The van der Waals surface area contributed by atoms with Crippen molar-refractivity contribution in [3.05, 3.63) is 99.2 Å². The van der Waals surface area contributed by atoms with Crippen molar-refractivity contribution in [2.45, 2.75) is 40.8 Å². The Kier molecular flexibility index (Phi) is 6.72. The number of hydrogen-bond acceptors (Lipinski definition) is 4. The fourth-order valence-electron chi connectivity index (χ4n) is 4.08. The molecule has 34 heavy (non-hydrogen) atoms. The summed E-state index contributed by atoms with van der Waals surface area (Å²) in [5.74, 6) is 0.0606. The fourth-order valence-corrected chi connectivity index (χ4v) is 4.08. The zero-order chi connectivity index (χ0) is 24.2. The van der Waals surface area contributed by atoms with Crippen molar-refractivity contribution in [3.8, 4) is 0 Å². The molecule has 2 heterocycles. The zero-order valence-electron chi connectivity index (χ0n) is 19.9. The van der Waals surface area contributed by atoms with Crippen molar-refractivity contribution in [3.63, 3.8) is 0 Å². The summed E-state index contributed by atoms with van der Waals surface area (Å²) in [7, 11) is 0. The maximum Gasteiger partial charge on any atom is 0.292 e. The minimum absolute atomic E-state index is 0.161. The minimum atomic E-state index is -0.467. The number of nitrogens with zero attached hydrogens (tertiary/aromatic N) is 4. The topological polar surface area (TPSA) is 81.3 Å². The molecule has 0 bridgehead atoms. The molecule has 0 spiro atoms. The standard InChI is InChI=1S/C27H29N5O2/c1-18(2)16-31-19(3)14-22(20(31)4)15-28-29-26(33)25-23-12-8-9-13-24(23)27(34)32(30-25)17-21-10-6-5-7-11-21/h5-15,18H,16-17H2,1-4H3,(H,29,33)/b28-15+. The molecule has 0 radical (unpaired) electrons. The van der Waals surface area contributed by atoms with Gasteiger partial charge in [-0.05, 0) is 37.5 Å². The second kappa shape index (κ2) is 9.87. The number of carbonyl (C=O) groups excluding carboxylic acids is 1. The Morgan fingerprint density at radius 2 is 1.74 bits per heavy atom. The van der Waals surface area contributed by atoms with E-state index in [4.69, 9.17) is 0 Å². The highest BCUT2D eigenvalue weighted by atomic mass is 16.2. The van der Waals surface area contributed by atoms with E-state index >= 15 is 0 Å². The first-order chi connectivity index (χ1) is 16.3. The Morgan fingerprint density at radius 1 is 1.06 bits per heavy atom. The predicted molar refractivity (Wildman–Crippen MR) is 135 cm³/mol. The molecule has 2 aromatic carbocycles. The number of hydrogen-bond donors (Lipinski definition) is 1. The summed E-state index contributed by atoms with van der Waals surface area (Å²) in [5, 5.41) is 9.54. The fraction of sp³-hybridized carbons (Fsp3) is 0.259. The molecule has 1 N–H and O–H groups in total. The lowest BCUT2D eigenvalue weighted by molar-refractivity contribution is 0.0949. The number of carbonyl (C=O) groups is 1. The molecule has 174 valence electrons. The van der Waals surface area contributed by atoms with Crippen LogP contribution in [0.5, 0.6) is 0 Å². The van der Waals surface area contributed by atoms with Crippen LogP contribution in [-0.4, -0.2) is 26.5 Å². The van der Waals surface area contributed by atoms with Crippen molar-refractivity contribution in [1.29, 1.82) is 0 Å². The number of nitrogens with one attached hydrogen (secondary N) is 1. The second-order valence-electron chi connectivity index (χ2n) is 8.87. The third-order valence-electron chi connectivity index (χ3n) is 5.79. The van der Waals surface area contributed by atoms with Gasteiger partial charge in [0.1, 0.15) is 0 Å². The van der Waals surface area contributed by atoms with Gasteiger partial charge in [0.05, 0.1) is 18.1 Å². The molecule has 0 saturated carbocycles. The van der Waals surface area contributed by atoms with Crippen LogP contribution in [0.3, 0.4) is 0 Å². The average molecular weight is 456 g/mol. The van der Waals surface area contributed by atoms with E-state index < -0.39 is 5.91 Å². The van der Waals surface area contributed by atoms with Gasteiger partial charge in [-0.2, -0.15) is 10.2 Å². The predicted octanol–water partition coefficient (Wildman–Crippen LogP) is 4.28. The second-order valence-corrected chi connectivity index (χ2v) is 8.87. The zero-order valence-corrected chi connectivity index (χ0v) is 19.9. The summed E-state index contributed by atoms with van der Waals surface area (Å²) in [6.07, 6.45) is 1.65. The Bertz CT molecular complexity index is 1410.